The summed E-state index contributed by atoms with van der Waals surface area (Å²) < 4.78 is 27.8. The van der Waals surface area contributed by atoms with Gasteiger partial charge < -0.3 is 4.79 Å². The summed E-state index contributed by atoms with van der Waals surface area (Å²) in [6.07, 6.45) is 0. The van der Waals surface area contributed by atoms with Crippen LogP contribution >= 0.6 is 0 Å². The molecular weight excluding hydrogens is 204 g/mol. The van der Waals surface area contributed by atoms with Gasteiger partial charge in [0.2, 0.25) is 0 Å². The molecule has 0 aliphatic heterocycles. The molecule has 0 aliphatic carbocycles. The molecule has 0 fully saturated rings. The molecular formula is C5H12O6Ti. The van der Waals surface area contributed by atoms with Crippen molar-refractivity contribution < 1.29 is 42.1 Å². The van der Waals surface area contributed by atoms with Crippen molar-refractivity contribution in [1.82, 2.24) is 0 Å². The third-order valence-corrected chi connectivity index (χ3v) is 1.16. The summed E-state index contributed by atoms with van der Waals surface area (Å²) in [5.74, 6) is -0.725. The Morgan fingerprint density at radius 1 is 1.08 bits per heavy atom. The first kappa shape index (κ1) is 14.3. The molecule has 0 heterocycles. The van der Waals surface area contributed by atoms with E-state index in [-0.39, 0.29) is 5.78 Å². The van der Waals surface area contributed by atoms with Crippen LogP contribution in [0.5, 0.6) is 0 Å². The van der Waals surface area contributed by atoms with Crippen LogP contribution in [0, 0.1) is 0 Å². The van der Waals surface area contributed by atoms with Crippen molar-refractivity contribution in [1.29, 1.82) is 0 Å². The Bertz CT molecular complexity index is 156. The average Bonchev–Trinajstić information content (AvgIpc) is 1.52. The van der Waals surface area contributed by atoms with E-state index in [2.05, 4.69) is 3.32 Å². The van der Waals surface area contributed by atoms with E-state index >= 15 is 0 Å². The van der Waals surface area contributed by atoms with Crippen molar-refractivity contribution in [2.75, 3.05) is 0 Å². The van der Waals surface area contributed by atoms with Crippen molar-refractivity contribution in [3.8, 4) is 0 Å². The molecule has 0 atom stereocenters. The maximum Gasteiger partial charge on any atom is 0.126 e. The maximum atomic E-state index is 9.80. The average molecular weight is 216 g/mol. The number of hydrogen-bond acceptors (Lipinski definition) is 6. The molecule has 0 radical (unpaired) electrons. The van der Waals surface area contributed by atoms with Crippen LogP contribution in [0.4, 0.5) is 0 Å². The van der Waals surface area contributed by atoms with E-state index in [1.807, 2.05) is 0 Å². The van der Waals surface area contributed by atoms with Crippen molar-refractivity contribution in [2.45, 2.75) is 20.8 Å². The summed E-state index contributed by atoms with van der Waals surface area (Å²) in [6.45, 7) is 4.03. The van der Waals surface area contributed by atoms with Gasteiger partial charge in [-0.3, -0.25) is 0 Å². The molecule has 0 aliphatic rings. The monoisotopic (exact) mass is 216 g/mol. The van der Waals surface area contributed by atoms with Crippen molar-refractivity contribution in [3.63, 3.8) is 0 Å². The predicted octanol–water partition coefficient (Wildman–Crippen LogP) is -1.06. The fraction of sp³-hybridized carbons (Fsp3) is 0.600. The Hall–Kier alpha value is -0.266. The van der Waals surface area contributed by atoms with E-state index in [1.54, 1.807) is 0 Å². The Labute approximate surface area is 75.0 Å². The number of Topliss-reactive ketones (excluding diaryl/α,β-unsaturated/α-hetero) is 1. The van der Waals surface area contributed by atoms with Gasteiger partial charge in [-0.15, -0.1) is 0 Å². The van der Waals surface area contributed by atoms with E-state index in [1.165, 1.54) is 13.8 Å². The van der Waals surface area contributed by atoms with Gasteiger partial charge in [-0.1, -0.05) is 0 Å². The van der Waals surface area contributed by atoms with E-state index in [0.717, 1.165) is 6.92 Å². The first-order valence-corrected chi connectivity index (χ1v) is 5.72. The Morgan fingerprint density at radius 2 is 1.33 bits per heavy atom. The summed E-state index contributed by atoms with van der Waals surface area (Å²) in [4.78, 5) is 19.2. The van der Waals surface area contributed by atoms with Gasteiger partial charge in [0, 0.05) is 0 Å². The minimum Gasteiger partial charge on any atom is -0.300 e. The van der Waals surface area contributed by atoms with Gasteiger partial charge in [0.05, 0.1) is 0 Å². The molecule has 72 valence electrons. The molecule has 7 heteroatoms. The zero-order valence-corrected chi connectivity index (χ0v) is 8.63. The Morgan fingerprint density at radius 3 is 1.33 bits per heavy atom. The van der Waals surface area contributed by atoms with Crippen LogP contribution in [-0.2, 0) is 31.0 Å². The maximum absolute atomic E-state index is 9.80. The molecule has 0 spiro atoms. The third kappa shape index (κ3) is 33.1. The first-order valence-electron chi connectivity index (χ1n) is 2.99. The van der Waals surface area contributed by atoms with E-state index in [4.69, 9.17) is 11.1 Å². The molecule has 0 aromatic rings. The van der Waals surface area contributed by atoms with Crippen LogP contribution in [0.1, 0.15) is 20.8 Å². The molecule has 0 aromatic carbocycles. The smallest absolute Gasteiger partial charge is 0.126 e. The summed E-state index contributed by atoms with van der Waals surface area (Å²) in [7, 11) is 0. The molecule has 12 heavy (non-hydrogen) atoms. The largest absolute Gasteiger partial charge is 0.300 e. The van der Waals surface area contributed by atoms with Gasteiger partial charge in [0.25, 0.3) is 0 Å². The number of carbonyl (C=O) groups excluding carboxylic acids is 2. The molecule has 0 aromatic heterocycles. The number of hydrogen-bond donors (Lipinski definition) is 3. The SMILES string of the molecule is CC(=O)[O][Ti]([OH])([OH])[OH].CC(C)=O. The normalized spacial score (nSPS) is 9.50. The molecule has 0 unspecified atom stereocenters. The van der Waals surface area contributed by atoms with Crippen LogP contribution in [-0.4, -0.2) is 22.8 Å². The summed E-state index contributed by atoms with van der Waals surface area (Å²) in [5, 5.41) is 0. The topological polar surface area (TPSA) is 104 Å². The van der Waals surface area contributed by atoms with E-state index in [0.29, 0.717) is 0 Å². The molecule has 0 saturated carbocycles. The van der Waals surface area contributed by atoms with Gasteiger partial charge in [-0.25, -0.2) is 0 Å². The van der Waals surface area contributed by atoms with Gasteiger partial charge in [-0.2, -0.15) is 0 Å². The van der Waals surface area contributed by atoms with E-state index in [9.17, 15) is 9.59 Å². The molecule has 0 bridgehead atoms. The van der Waals surface area contributed by atoms with Crippen LogP contribution in [0.3, 0.4) is 0 Å². The van der Waals surface area contributed by atoms with Crippen LogP contribution in [0.25, 0.3) is 0 Å². The summed E-state index contributed by atoms with van der Waals surface area (Å²) >= 11 is -5.00. The summed E-state index contributed by atoms with van der Waals surface area (Å²) in [5.41, 5.74) is 0. The zero-order valence-electron chi connectivity index (χ0n) is 7.07. The second kappa shape index (κ2) is 6.27. The van der Waals surface area contributed by atoms with Gasteiger partial charge in [-0.05, 0) is 13.8 Å². The van der Waals surface area contributed by atoms with Crippen LogP contribution in [0.2, 0.25) is 0 Å². The molecule has 0 saturated heterocycles. The summed E-state index contributed by atoms with van der Waals surface area (Å²) in [6, 6.07) is 0. The second-order valence-corrected chi connectivity index (χ2v) is 4.19. The zero-order chi connectivity index (χ0) is 10.4. The van der Waals surface area contributed by atoms with Gasteiger partial charge >= 0.3 is 50.2 Å². The molecule has 0 amide bonds. The van der Waals surface area contributed by atoms with Gasteiger partial charge in [0.1, 0.15) is 5.78 Å². The fourth-order valence-electron chi connectivity index (χ4n) is 0.193. The van der Waals surface area contributed by atoms with E-state index < -0.39 is 24.1 Å². The van der Waals surface area contributed by atoms with Gasteiger partial charge in [0.15, 0.2) is 0 Å². The third-order valence-electron chi connectivity index (χ3n) is 0.281. The number of ketones is 1. The minimum absolute atomic E-state index is 0.167. The number of rotatable bonds is 1. The Balaban J connectivity index is 0. The van der Waals surface area contributed by atoms with Crippen molar-refractivity contribution in [2.24, 2.45) is 0 Å². The molecule has 3 N–H and O–H groups in total. The Kier molecular flexibility index (Phi) is 7.46. The van der Waals surface area contributed by atoms with Crippen molar-refractivity contribution in [3.05, 3.63) is 0 Å². The standard InChI is InChI=1S/C3H6O.C2H4O2.3H2O.Ti/c1-3(2)4;1-2(3)4;;;;/h1-2H3;1H3,(H,3,4);3*1H2;/q;;;;;+4/p-4. The second-order valence-electron chi connectivity index (χ2n) is 2.08. The number of carbonyl (C=O) groups is 2. The quantitative estimate of drug-likeness (QED) is 0.482. The van der Waals surface area contributed by atoms with Crippen molar-refractivity contribution >= 4 is 11.8 Å². The van der Waals surface area contributed by atoms with Crippen LogP contribution in [0.15, 0.2) is 0 Å². The predicted molar refractivity (Wildman–Crippen MR) is 34.8 cm³/mol. The van der Waals surface area contributed by atoms with Crippen LogP contribution < -0.4 is 0 Å². The molecule has 0 rings (SSSR count). The fourth-order valence-corrected chi connectivity index (χ4v) is 0.795. The minimum atomic E-state index is -5.00. The first-order chi connectivity index (χ1) is 5.15. The molecule has 6 nitrogen and oxygen atoms in total.